The molecule has 3 rings (SSSR count). The highest BCUT2D eigenvalue weighted by Gasteiger charge is 2.34. The summed E-state index contributed by atoms with van der Waals surface area (Å²) in [5, 5.41) is 1.99. The molecular weight excluding hydrogens is 256 g/mol. The van der Waals surface area contributed by atoms with Crippen LogP contribution in [-0.4, -0.2) is 11.1 Å². The summed E-state index contributed by atoms with van der Waals surface area (Å²) in [6.07, 6.45) is 8.31. The maximum atomic E-state index is 6.33. The summed E-state index contributed by atoms with van der Waals surface area (Å²) in [5.41, 5.74) is 8.98. The van der Waals surface area contributed by atoms with Crippen LogP contribution in [0.15, 0.2) is 24.4 Å². The molecule has 3 heteroatoms. The van der Waals surface area contributed by atoms with Gasteiger partial charge in [0.25, 0.3) is 0 Å². The molecule has 0 unspecified atom stereocenters. The van der Waals surface area contributed by atoms with Crippen molar-refractivity contribution in [3.05, 3.63) is 35.0 Å². The smallest absolute Gasteiger partial charge is 0.0661 e. The van der Waals surface area contributed by atoms with Crippen LogP contribution in [0.1, 0.15) is 37.7 Å². The molecular formula is C16H21ClN2. The Kier molecular flexibility index (Phi) is 3.32. The first-order chi connectivity index (χ1) is 9.18. The summed E-state index contributed by atoms with van der Waals surface area (Å²) >= 11 is 6.33. The van der Waals surface area contributed by atoms with Crippen molar-refractivity contribution in [1.82, 2.24) is 4.57 Å². The number of rotatable bonds is 2. The van der Waals surface area contributed by atoms with E-state index < -0.39 is 0 Å². The van der Waals surface area contributed by atoms with Crippen molar-refractivity contribution in [2.75, 3.05) is 6.54 Å². The monoisotopic (exact) mass is 276 g/mol. The molecule has 0 spiro atoms. The quantitative estimate of drug-likeness (QED) is 0.883. The van der Waals surface area contributed by atoms with Crippen molar-refractivity contribution in [3.63, 3.8) is 0 Å². The Hall–Kier alpha value is -0.990. The van der Waals surface area contributed by atoms with Crippen molar-refractivity contribution in [3.8, 4) is 0 Å². The number of aryl methyl sites for hydroxylation is 1. The predicted molar refractivity (Wildman–Crippen MR) is 81.7 cm³/mol. The zero-order chi connectivity index (χ0) is 13.5. The van der Waals surface area contributed by atoms with E-state index in [0.717, 1.165) is 17.0 Å². The first kappa shape index (κ1) is 13.0. The third kappa shape index (κ3) is 1.98. The Morgan fingerprint density at radius 1 is 1.26 bits per heavy atom. The number of fused-ring (bicyclic) bond motifs is 1. The van der Waals surface area contributed by atoms with Crippen molar-refractivity contribution >= 4 is 22.5 Å². The minimum absolute atomic E-state index is 0.146. The van der Waals surface area contributed by atoms with E-state index in [1.807, 2.05) is 6.20 Å². The fraction of sp³-hybridized carbons (Fsp3) is 0.500. The van der Waals surface area contributed by atoms with E-state index in [4.69, 9.17) is 17.3 Å². The maximum absolute atomic E-state index is 6.33. The van der Waals surface area contributed by atoms with E-state index in [1.165, 1.54) is 43.2 Å². The first-order valence-corrected chi connectivity index (χ1v) is 7.50. The number of nitrogens with two attached hydrogens (primary N) is 1. The summed E-state index contributed by atoms with van der Waals surface area (Å²) in [7, 11) is 2.07. The Bertz CT molecular complexity index is 594. The van der Waals surface area contributed by atoms with E-state index in [9.17, 15) is 0 Å². The summed E-state index contributed by atoms with van der Waals surface area (Å²) in [6.45, 7) is 0.731. The van der Waals surface area contributed by atoms with Gasteiger partial charge in [-0.3, -0.25) is 0 Å². The lowest BCUT2D eigenvalue weighted by Gasteiger charge is -2.37. The number of hydrogen-bond acceptors (Lipinski definition) is 1. The van der Waals surface area contributed by atoms with E-state index >= 15 is 0 Å². The fourth-order valence-corrected chi connectivity index (χ4v) is 3.96. The number of aromatic nitrogens is 1. The van der Waals surface area contributed by atoms with E-state index in [0.29, 0.717) is 0 Å². The van der Waals surface area contributed by atoms with Gasteiger partial charge in [0.2, 0.25) is 0 Å². The molecule has 102 valence electrons. The summed E-state index contributed by atoms with van der Waals surface area (Å²) in [4.78, 5) is 0. The van der Waals surface area contributed by atoms with Gasteiger partial charge in [0.1, 0.15) is 0 Å². The average Bonchev–Trinajstić information content (AvgIpc) is 2.75. The number of benzene rings is 1. The maximum Gasteiger partial charge on any atom is 0.0661 e. The van der Waals surface area contributed by atoms with Crippen LogP contribution < -0.4 is 5.73 Å². The SMILES string of the molecule is Cn1cc(Cl)c2cccc(C3(CN)CCCCC3)c21. The van der Waals surface area contributed by atoms with Gasteiger partial charge < -0.3 is 10.3 Å². The number of para-hydroxylation sites is 1. The Balaban J connectivity index is 2.23. The third-order valence-corrected chi connectivity index (χ3v) is 5.03. The first-order valence-electron chi connectivity index (χ1n) is 7.12. The summed E-state index contributed by atoms with van der Waals surface area (Å²) in [5.74, 6) is 0. The number of nitrogens with zero attached hydrogens (tertiary/aromatic N) is 1. The van der Waals surface area contributed by atoms with Crippen LogP contribution in [0.25, 0.3) is 10.9 Å². The van der Waals surface area contributed by atoms with Crippen molar-refractivity contribution < 1.29 is 0 Å². The second-order valence-electron chi connectivity index (χ2n) is 5.83. The van der Waals surface area contributed by atoms with Crippen LogP contribution in [0.2, 0.25) is 5.02 Å². The second-order valence-corrected chi connectivity index (χ2v) is 6.24. The van der Waals surface area contributed by atoms with Gasteiger partial charge in [0.15, 0.2) is 0 Å². The molecule has 19 heavy (non-hydrogen) atoms. The highest BCUT2D eigenvalue weighted by atomic mass is 35.5. The van der Waals surface area contributed by atoms with Gasteiger partial charge in [-0.2, -0.15) is 0 Å². The van der Waals surface area contributed by atoms with Gasteiger partial charge in [-0.25, -0.2) is 0 Å². The van der Waals surface area contributed by atoms with Crippen LogP contribution in [0, 0.1) is 0 Å². The average molecular weight is 277 g/mol. The molecule has 0 amide bonds. The molecule has 1 aromatic carbocycles. The van der Waals surface area contributed by atoms with E-state index in [1.54, 1.807) is 0 Å². The van der Waals surface area contributed by atoms with E-state index in [2.05, 4.69) is 29.8 Å². The Morgan fingerprint density at radius 2 is 2.00 bits per heavy atom. The van der Waals surface area contributed by atoms with Gasteiger partial charge in [0, 0.05) is 30.6 Å². The minimum atomic E-state index is 0.146. The van der Waals surface area contributed by atoms with Gasteiger partial charge in [-0.05, 0) is 18.4 Å². The van der Waals surface area contributed by atoms with Crippen LogP contribution in [-0.2, 0) is 12.5 Å². The zero-order valence-electron chi connectivity index (χ0n) is 11.5. The lowest BCUT2D eigenvalue weighted by atomic mass is 9.69. The van der Waals surface area contributed by atoms with Crippen LogP contribution >= 0.6 is 11.6 Å². The van der Waals surface area contributed by atoms with Gasteiger partial charge in [-0.1, -0.05) is 49.1 Å². The highest BCUT2D eigenvalue weighted by molar-refractivity contribution is 6.35. The Labute approximate surface area is 119 Å². The topological polar surface area (TPSA) is 30.9 Å². The molecule has 0 saturated heterocycles. The molecule has 0 atom stereocenters. The lowest BCUT2D eigenvalue weighted by molar-refractivity contribution is 0.302. The molecule has 0 radical (unpaired) electrons. The molecule has 0 aliphatic heterocycles. The number of halogens is 1. The molecule has 1 fully saturated rings. The van der Waals surface area contributed by atoms with Crippen LogP contribution in [0.5, 0.6) is 0 Å². The van der Waals surface area contributed by atoms with Gasteiger partial charge >= 0.3 is 0 Å². The van der Waals surface area contributed by atoms with Crippen molar-refractivity contribution in [1.29, 1.82) is 0 Å². The van der Waals surface area contributed by atoms with Crippen molar-refractivity contribution in [2.45, 2.75) is 37.5 Å². The zero-order valence-corrected chi connectivity index (χ0v) is 12.2. The highest BCUT2D eigenvalue weighted by Crippen LogP contribution is 2.42. The second kappa shape index (κ2) is 4.84. The molecule has 2 aromatic rings. The minimum Gasteiger partial charge on any atom is -0.349 e. The van der Waals surface area contributed by atoms with Crippen LogP contribution in [0.3, 0.4) is 0 Å². The Morgan fingerprint density at radius 3 is 2.68 bits per heavy atom. The molecule has 0 bridgehead atoms. The molecule has 1 aliphatic carbocycles. The molecule has 1 aliphatic rings. The normalized spacial score (nSPS) is 18.9. The lowest BCUT2D eigenvalue weighted by Crippen LogP contribution is -2.37. The molecule has 1 heterocycles. The van der Waals surface area contributed by atoms with Crippen LogP contribution in [0.4, 0.5) is 0 Å². The fourth-order valence-electron chi connectivity index (χ4n) is 3.66. The molecule has 1 saturated carbocycles. The predicted octanol–water partition coefficient (Wildman–Crippen LogP) is 3.99. The largest absolute Gasteiger partial charge is 0.349 e. The van der Waals surface area contributed by atoms with Gasteiger partial charge in [0.05, 0.1) is 10.5 Å². The van der Waals surface area contributed by atoms with Crippen molar-refractivity contribution in [2.24, 2.45) is 12.8 Å². The molecule has 2 nitrogen and oxygen atoms in total. The summed E-state index contributed by atoms with van der Waals surface area (Å²) in [6, 6.07) is 6.47. The molecule has 2 N–H and O–H groups in total. The standard InChI is InChI=1S/C16H21ClN2/c1-19-10-14(17)12-6-5-7-13(15(12)19)16(11-18)8-3-2-4-9-16/h5-7,10H,2-4,8-9,11,18H2,1H3. The molecule has 1 aromatic heterocycles. The number of hydrogen-bond donors (Lipinski definition) is 1. The van der Waals surface area contributed by atoms with Gasteiger partial charge in [-0.15, -0.1) is 0 Å². The third-order valence-electron chi connectivity index (χ3n) is 4.73. The van der Waals surface area contributed by atoms with E-state index in [-0.39, 0.29) is 5.41 Å². The summed E-state index contributed by atoms with van der Waals surface area (Å²) < 4.78 is 2.15.